The van der Waals surface area contributed by atoms with Gasteiger partial charge >= 0.3 is 0 Å². The average Bonchev–Trinajstić information content (AvgIpc) is 2.51. The lowest BCUT2D eigenvalue weighted by Crippen LogP contribution is -2.29. The van der Waals surface area contributed by atoms with Crippen molar-refractivity contribution in [1.29, 1.82) is 0 Å². The predicted molar refractivity (Wildman–Crippen MR) is 104 cm³/mol. The van der Waals surface area contributed by atoms with Crippen LogP contribution in [0.3, 0.4) is 0 Å². The quantitative estimate of drug-likeness (QED) is 0.484. The molecule has 24 heavy (non-hydrogen) atoms. The molecule has 0 aliphatic rings. The molecule has 0 aliphatic carbocycles. The third kappa shape index (κ3) is 5.28. The molecular formula is C15H20IN5O2S. The Morgan fingerprint density at radius 3 is 2.42 bits per heavy atom. The molecule has 130 valence electrons. The highest BCUT2D eigenvalue weighted by atomic mass is 127. The Morgan fingerprint density at radius 1 is 1.12 bits per heavy atom. The minimum Gasteiger partial charge on any atom is -0.363 e. The van der Waals surface area contributed by atoms with E-state index < -0.39 is 10.0 Å². The SMILES string of the molecule is Cc1cc(N(C)C)nc(NCCNS(=O)(=O)c2ccc(I)cc2)n1. The summed E-state index contributed by atoms with van der Waals surface area (Å²) in [6.45, 7) is 2.52. The molecule has 0 spiro atoms. The van der Waals surface area contributed by atoms with Crippen LogP contribution in [0.4, 0.5) is 11.8 Å². The predicted octanol–water partition coefficient (Wildman–Crippen LogP) is 1.85. The molecule has 0 fully saturated rings. The van der Waals surface area contributed by atoms with Gasteiger partial charge in [-0.2, -0.15) is 4.98 Å². The van der Waals surface area contributed by atoms with Gasteiger partial charge in [-0.1, -0.05) is 0 Å². The summed E-state index contributed by atoms with van der Waals surface area (Å²) in [4.78, 5) is 10.8. The van der Waals surface area contributed by atoms with E-state index in [1.54, 1.807) is 24.3 Å². The van der Waals surface area contributed by atoms with Gasteiger partial charge in [-0.3, -0.25) is 0 Å². The van der Waals surface area contributed by atoms with Crippen LogP contribution in [0.2, 0.25) is 0 Å². The zero-order chi connectivity index (χ0) is 17.7. The molecule has 2 rings (SSSR count). The zero-order valence-corrected chi connectivity index (χ0v) is 16.7. The van der Waals surface area contributed by atoms with E-state index in [-0.39, 0.29) is 11.4 Å². The lowest BCUT2D eigenvalue weighted by molar-refractivity contribution is 0.583. The van der Waals surface area contributed by atoms with Crippen molar-refractivity contribution < 1.29 is 8.42 Å². The first-order valence-electron chi connectivity index (χ1n) is 7.30. The first kappa shape index (κ1) is 18.9. The number of hydrogen-bond acceptors (Lipinski definition) is 6. The van der Waals surface area contributed by atoms with Crippen LogP contribution in [0.5, 0.6) is 0 Å². The van der Waals surface area contributed by atoms with E-state index in [9.17, 15) is 8.42 Å². The van der Waals surface area contributed by atoms with Crippen LogP contribution in [-0.2, 0) is 10.0 Å². The Morgan fingerprint density at radius 2 is 1.79 bits per heavy atom. The van der Waals surface area contributed by atoms with Crippen LogP contribution in [0.15, 0.2) is 35.2 Å². The molecule has 0 saturated carbocycles. The first-order chi connectivity index (χ1) is 11.3. The van der Waals surface area contributed by atoms with Crippen molar-refractivity contribution in [3.05, 3.63) is 39.6 Å². The Balaban J connectivity index is 1.92. The van der Waals surface area contributed by atoms with Gasteiger partial charge in [0.2, 0.25) is 16.0 Å². The van der Waals surface area contributed by atoms with E-state index in [0.717, 1.165) is 15.1 Å². The molecule has 0 unspecified atom stereocenters. The van der Waals surface area contributed by atoms with Crippen molar-refractivity contribution in [2.75, 3.05) is 37.4 Å². The second-order valence-electron chi connectivity index (χ2n) is 5.36. The normalized spacial score (nSPS) is 11.3. The number of sulfonamides is 1. The summed E-state index contributed by atoms with van der Waals surface area (Å²) in [5.41, 5.74) is 0.843. The largest absolute Gasteiger partial charge is 0.363 e. The van der Waals surface area contributed by atoms with E-state index in [4.69, 9.17) is 0 Å². The Hall–Kier alpha value is -1.46. The van der Waals surface area contributed by atoms with Gasteiger partial charge in [0.05, 0.1) is 4.90 Å². The number of aromatic nitrogens is 2. The molecular weight excluding hydrogens is 441 g/mol. The highest BCUT2D eigenvalue weighted by Gasteiger charge is 2.12. The maximum Gasteiger partial charge on any atom is 0.240 e. The van der Waals surface area contributed by atoms with Crippen molar-refractivity contribution in [3.8, 4) is 0 Å². The molecule has 0 radical (unpaired) electrons. The standard InChI is InChI=1S/C15H20IN5O2S/c1-11-10-14(21(2)3)20-15(19-11)17-8-9-18-24(22,23)13-6-4-12(16)5-7-13/h4-7,10,18H,8-9H2,1-3H3,(H,17,19,20). The van der Waals surface area contributed by atoms with Gasteiger partial charge in [0.15, 0.2) is 0 Å². The van der Waals surface area contributed by atoms with Gasteiger partial charge in [-0.05, 0) is 53.8 Å². The van der Waals surface area contributed by atoms with Crippen LogP contribution in [0, 0.1) is 10.5 Å². The fourth-order valence-electron chi connectivity index (χ4n) is 1.92. The number of halogens is 1. The molecule has 0 amide bonds. The molecule has 7 nitrogen and oxygen atoms in total. The second-order valence-corrected chi connectivity index (χ2v) is 8.38. The summed E-state index contributed by atoms with van der Waals surface area (Å²) < 4.78 is 27.9. The van der Waals surface area contributed by atoms with Gasteiger partial charge in [0, 0.05) is 42.5 Å². The van der Waals surface area contributed by atoms with E-state index in [1.807, 2.05) is 32.0 Å². The third-order valence-corrected chi connectivity index (χ3v) is 5.32. The number of hydrogen-bond donors (Lipinski definition) is 2. The van der Waals surface area contributed by atoms with Gasteiger partial charge in [-0.15, -0.1) is 0 Å². The Kier molecular flexibility index (Phi) is 6.35. The van der Waals surface area contributed by atoms with Crippen LogP contribution in [0.25, 0.3) is 0 Å². The fraction of sp³-hybridized carbons (Fsp3) is 0.333. The fourth-order valence-corrected chi connectivity index (χ4v) is 3.31. The number of aryl methyl sites for hydroxylation is 1. The molecule has 9 heteroatoms. The summed E-state index contributed by atoms with van der Waals surface area (Å²) in [5.74, 6) is 1.27. The van der Waals surface area contributed by atoms with Crippen molar-refractivity contribution >= 4 is 44.4 Å². The summed E-state index contributed by atoms with van der Waals surface area (Å²) >= 11 is 2.13. The summed E-state index contributed by atoms with van der Waals surface area (Å²) in [7, 11) is 0.303. The van der Waals surface area contributed by atoms with Crippen molar-refractivity contribution in [1.82, 2.24) is 14.7 Å². The van der Waals surface area contributed by atoms with E-state index >= 15 is 0 Å². The lowest BCUT2D eigenvalue weighted by Gasteiger charge is -2.14. The summed E-state index contributed by atoms with van der Waals surface area (Å²) in [5, 5.41) is 3.04. The number of benzene rings is 1. The van der Waals surface area contributed by atoms with Crippen LogP contribution >= 0.6 is 22.6 Å². The average molecular weight is 461 g/mol. The number of anilines is 2. The maximum absolute atomic E-state index is 12.2. The maximum atomic E-state index is 12.2. The molecule has 1 heterocycles. The molecule has 0 bridgehead atoms. The van der Waals surface area contributed by atoms with Gasteiger partial charge < -0.3 is 10.2 Å². The molecule has 1 aromatic heterocycles. The number of nitrogens with one attached hydrogen (secondary N) is 2. The molecule has 2 N–H and O–H groups in total. The molecule has 0 atom stereocenters. The van der Waals surface area contributed by atoms with E-state index in [1.165, 1.54) is 0 Å². The zero-order valence-electron chi connectivity index (χ0n) is 13.7. The van der Waals surface area contributed by atoms with Gasteiger partial charge in [0.1, 0.15) is 5.82 Å². The summed E-state index contributed by atoms with van der Waals surface area (Å²) in [6, 6.07) is 8.58. The van der Waals surface area contributed by atoms with E-state index in [2.05, 4.69) is 42.6 Å². The highest BCUT2D eigenvalue weighted by Crippen LogP contribution is 2.13. The third-order valence-electron chi connectivity index (χ3n) is 3.12. The highest BCUT2D eigenvalue weighted by molar-refractivity contribution is 14.1. The number of nitrogens with zero attached hydrogens (tertiary/aromatic N) is 3. The molecule has 0 saturated heterocycles. The first-order valence-corrected chi connectivity index (χ1v) is 9.86. The van der Waals surface area contributed by atoms with Gasteiger partial charge in [-0.25, -0.2) is 18.1 Å². The minimum atomic E-state index is -3.50. The van der Waals surface area contributed by atoms with Crippen LogP contribution in [0.1, 0.15) is 5.69 Å². The van der Waals surface area contributed by atoms with Crippen LogP contribution < -0.4 is 14.9 Å². The molecule has 0 aliphatic heterocycles. The van der Waals surface area contributed by atoms with Crippen molar-refractivity contribution in [2.24, 2.45) is 0 Å². The topological polar surface area (TPSA) is 87.2 Å². The minimum absolute atomic E-state index is 0.239. The Labute approximate surface area is 156 Å². The van der Waals surface area contributed by atoms with Crippen molar-refractivity contribution in [2.45, 2.75) is 11.8 Å². The monoisotopic (exact) mass is 461 g/mol. The smallest absolute Gasteiger partial charge is 0.240 e. The van der Waals surface area contributed by atoms with Crippen molar-refractivity contribution in [3.63, 3.8) is 0 Å². The second kappa shape index (κ2) is 8.08. The van der Waals surface area contributed by atoms with Crippen LogP contribution in [-0.4, -0.2) is 45.6 Å². The molecule has 1 aromatic carbocycles. The Bertz CT molecular complexity index is 794. The number of rotatable bonds is 7. The lowest BCUT2D eigenvalue weighted by atomic mass is 10.4. The van der Waals surface area contributed by atoms with E-state index in [0.29, 0.717) is 12.5 Å². The molecule has 2 aromatic rings. The van der Waals surface area contributed by atoms with Gasteiger partial charge in [0.25, 0.3) is 0 Å². The summed E-state index contributed by atoms with van der Waals surface area (Å²) in [6.07, 6.45) is 0.